The number of sulfonamides is 1. The summed E-state index contributed by atoms with van der Waals surface area (Å²) >= 11 is 3.34. The summed E-state index contributed by atoms with van der Waals surface area (Å²) in [5.41, 5.74) is 6.60. The Morgan fingerprint density at radius 1 is 1.44 bits per heavy atom. The molecule has 1 aromatic rings. The highest BCUT2D eigenvalue weighted by molar-refractivity contribution is 9.10. The summed E-state index contributed by atoms with van der Waals surface area (Å²) < 4.78 is 27.4. The maximum Gasteiger partial charge on any atom is 0.243 e. The van der Waals surface area contributed by atoms with E-state index in [1.807, 2.05) is 13.0 Å². The van der Waals surface area contributed by atoms with Gasteiger partial charge in [0.05, 0.1) is 4.90 Å². The molecule has 1 aliphatic heterocycles. The van der Waals surface area contributed by atoms with E-state index in [0.29, 0.717) is 18.0 Å². The zero-order chi connectivity index (χ0) is 13.3. The zero-order valence-electron chi connectivity index (χ0n) is 10.3. The second kappa shape index (κ2) is 5.28. The van der Waals surface area contributed by atoms with E-state index < -0.39 is 10.0 Å². The van der Waals surface area contributed by atoms with Crippen LogP contribution in [0, 0.1) is 6.92 Å². The molecule has 100 valence electrons. The lowest BCUT2D eigenvalue weighted by Crippen LogP contribution is -2.45. The molecule has 0 aliphatic carbocycles. The van der Waals surface area contributed by atoms with Crippen molar-refractivity contribution in [2.24, 2.45) is 5.73 Å². The van der Waals surface area contributed by atoms with Crippen LogP contribution in [0.15, 0.2) is 27.6 Å². The summed E-state index contributed by atoms with van der Waals surface area (Å²) in [6, 6.07) is 5.17. The third kappa shape index (κ3) is 2.77. The molecule has 0 saturated carbocycles. The van der Waals surface area contributed by atoms with Crippen LogP contribution in [0.4, 0.5) is 0 Å². The number of benzene rings is 1. The van der Waals surface area contributed by atoms with Crippen molar-refractivity contribution in [3.63, 3.8) is 0 Å². The zero-order valence-corrected chi connectivity index (χ0v) is 12.7. The number of rotatable bonds is 2. The van der Waals surface area contributed by atoms with Crippen molar-refractivity contribution in [2.45, 2.75) is 30.7 Å². The first-order valence-corrected chi connectivity index (χ1v) is 8.16. The number of nitrogens with zero attached hydrogens (tertiary/aromatic N) is 1. The Bertz CT molecular complexity index is 545. The molecule has 0 spiro atoms. The Kier molecular flexibility index (Phi) is 4.11. The van der Waals surface area contributed by atoms with Crippen LogP contribution < -0.4 is 5.73 Å². The van der Waals surface area contributed by atoms with E-state index in [4.69, 9.17) is 5.73 Å². The number of halogens is 1. The number of aryl methyl sites for hydroxylation is 1. The molecule has 0 bridgehead atoms. The van der Waals surface area contributed by atoms with Gasteiger partial charge in [-0.05, 0) is 43.5 Å². The van der Waals surface area contributed by atoms with Crippen LogP contribution in [0.25, 0.3) is 0 Å². The molecule has 0 unspecified atom stereocenters. The maximum absolute atomic E-state index is 12.5. The molecule has 4 nitrogen and oxygen atoms in total. The molecule has 2 rings (SSSR count). The third-order valence-electron chi connectivity index (χ3n) is 3.18. The van der Waals surface area contributed by atoms with Gasteiger partial charge in [-0.25, -0.2) is 8.42 Å². The normalized spacial score (nSPS) is 22.1. The SMILES string of the molecule is Cc1cc(Br)ccc1S(=O)(=O)N1CCC[C@@H](N)C1. The number of piperidine rings is 1. The second-order valence-corrected chi connectivity index (χ2v) is 7.50. The predicted octanol–water partition coefficient (Wildman–Crippen LogP) is 1.87. The summed E-state index contributed by atoms with van der Waals surface area (Å²) in [5, 5.41) is 0. The van der Waals surface area contributed by atoms with E-state index in [-0.39, 0.29) is 6.04 Å². The van der Waals surface area contributed by atoms with Crippen molar-refractivity contribution in [2.75, 3.05) is 13.1 Å². The lowest BCUT2D eigenvalue weighted by atomic mass is 10.1. The molecule has 1 aliphatic rings. The Hall–Kier alpha value is -0.430. The maximum atomic E-state index is 12.5. The van der Waals surface area contributed by atoms with Gasteiger partial charge < -0.3 is 5.73 Å². The van der Waals surface area contributed by atoms with Crippen molar-refractivity contribution in [1.82, 2.24) is 4.31 Å². The highest BCUT2D eigenvalue weighted by Gasteiger charge is 2.29. The summed E-state index contributed by atoms with van der Waals surface area (Å²) in [6.07, 6.45) is 1.72. The molecule has 1 aromatic carbocycles. The van der Waals surface area contributed by atoms with Gasteiger partial charge >= 0.3 is 0 Å². The standard InChI is InChI=1S/C12H17BrN2O2S/c1-9-7-10(13)4-5-12(9)18(16,17)15-6-2-3-11(14)8-15/h4-5,7,11H,2-3,6,8,14H2,1H3/t11-/m1/s1. The third-order valence-corrected chi connectivity index (χ3v) is 5.69. The lowest BCUT2D eigenvalue weighted by molar-refractivity contribution is 0.316. The largest absolute Gasteiger partial charge is 0.327 e. The van der Waals surface area contributed by atoms with Crippen LogP contribution in [-0.4, -0.2) is 31.9 Å². The molecule has 2 N–H and O–H groups in total. The Morgan fingerprint density at radius 2 is 2.17 bits per heavy atom. The van der Waals surface area contributed by atoms with E-state index in [2.05, 4.69) is 15.9 Å². The summed E-state index contributed by atoms with van der Waals surface area (Å²) in [4.78, 5) is 0.375. The van der Waals surface area contributed by atoms with E-state index in [1.165, 1.54) is 4.31 Å². The number of hydrogen-bond acceptors (Lipinski definition) is 3. The first-order valence-electron chi connectivity index (χ1n) is 5.93. The molecule has 1 atom stereocenters. The van der Waals surface area contributed by atoms with Crippen LogP contribution in [0.2, 0.25) is 0 Å². The van der Waals surface area contributed by atoms with Gasteiger partial charge in [0.2, 0.25) is 10.0 Å². The monoisotopic (exact) mass is 332 g/mol. The molecule has 6 heteroatoms. The van der Waals surface area contributed by atoms with Crippen LogP contribution >= 0.6 is 15.9 Å². The molecule has 0 aromatic heterocycles. The Balaban J connectivity index is 2.35. The van der Waals surface area contributed by atoms with E-state index >= 15 is 0 Å². The van der Waals surface area contributed by atoms with Gasteiger partial charge in [0.25, 0.3) is 0 Å². The average molecular weight is 333 g/mol. The lowest BCUT2D eigenvalue weighted by Gasteiger charge is -2.30. The van der Waals surface area contributed by atoms with Gasteiger partial charge in [0, 0.05) is 23.6 Å². The van der Waals surface area contributed by atoms with Crippen molar-refractivity contribution in [1.29, 1.82) is 0 Å². The van der Waals surface area contributed by atoms with E-state index in [1.54, 1.807) is 12.1 Å². The van der Waals surface area contributed by atoms with Gasteiger partial charge in [-0.2, -0.15) is 4.31 Å². The van der Waals surface area contributed by atoms with E-state index in [0.717, 1.165) is 22.9 Å². The van der Waals surface area contributed by atoms with Crippen LogP contribution in [0.5, 0.6) is 0 Å². The molecule has 18 heavy (non-hydrogen) atoms. The summed E-state index contributed by atoms with van der Waals surface area (Å²) in [7, 11) is -3.41. The highest BCUT2D eigenvalue weighted by atomic mass is 79.9. The first kappa shape index (κ1) is 14.0. The van der Waals surface area contributed by atoms with Gasteiger partial charge in [0.1, 0.15) is 0 Å². The van der Waals surface area contributed by atoms with Crippen LogP contribution in [0.3, 0.4) is 0 Å². The molecular formula is C12H17BrN2O2S. The molecule has 1 fully saturated rings. The minimum atomic E-state index is -3.41. The summed E-state index contributed by atoms with van der Waals surface area (Å²) in [5.74, 6) is 0. The molecule has 0 radical (unpaired) electrons. The minimum absolute atomic E-state index is 0.0516. The van der Waals surface area contributed by atoms with Gasteiger partial charge in [-0.15, -0.1) is 0 Å². The fraction of sp³-hybridized carbons (Fsp3) is 0.500. The Morgan fingerprint density at radius 3 is 2.78 bits per heavy atom. The van der Waals surface area contributed by atoms with Gasteiger partial charge in [0.15, 0.2) is 0 Å². The second-order valence-electron chi connectivity index (χ2n) is 4.68. The van der Waals surface area contributed by atoms with Crippen LogP contribution in [0.1, 0.15) is 18.4 Å². The molecule has 1 heterocycles. The van der Waals surface area contributed by atoms with Crippen molar-refractivity contribution in [3.8, 4) is 0 Å². The Labute approximate surface area is 116 Å². The van der Waals surface area contributed by atoms with Crippen molar-refractivity contribution >= 4 is 26.0 Å². The number of nitrogens with two attached hydrogens (primary N) is 1. The fourth-order valence-electron chi connectivity index (χ4n) is 2.23. The van der Waals surface area contributed by atoms with Crippen molar-refractivity contribution in [3.05, 3.63) is 28.2 Å². The summed E-state index contributed by atoms with van der Waals surface area (Å²) in [6.45, 7) is 2.78. The highest BCUT2D eigenvalue weighted by Crippen LogP contribution is 2.25. The van der Waals surface area contributed by atoms with Crippen LogP contribution in [-0.2, 0) is 10.0 Å². The number of hydrogen-bond donors (Lipinski definition) is 1. The average Bonchev–Trinajstić information content (AvgIpc) is 2.28. The molecule has 0 amide bonds. The smallest absolute Gasteiger partial charge is 0.243 e. The van der Waals surface area contributed by atoms with E-state index in [9.17, 15) is 8.42 Å². The quantitative estimate of drug-likeness (QED) is 0.899. The minimum Gasteiger partial charge on any atom is -0.327 e. The first-order chi connectivity index (χ1) is 8.41. The van der Waals surface area contributed by atoms with Gasteiger partial charge in [-0.3, -0.25) is 0 Å². The van der Waals surface area contributed by atoms with Crippen molar-refractivity contribution < 1.29 is 8.42 Å². The van der Waals surface area contributed by atoms with Gasteiger partial charge in [-0.1, -0.05) is 15.9 Å². The fourth-order valence-corrected chi connectivity index (χ4v) is 4.45. The molecule has 1 saturated heterocycles. The predicted molar refractivity (Wildman–Crippen MR) is 74.8 cm³/mol. The topological polar surface area (TPSA) is 63.4 Å². The molecular weight excluding hydrogens is 316 g/mol.